The van der Waals surface area contributed by atoms with Gasteiger partial charge in [0.25, 0.3) is 0 Å². The number of guanidine groups is 1. The lowest BCUT2D eigenvalue weighted by Crippen LogP contribution is -2.47. The van der Waals surface area contributed by atoms with Gasteiger partial charge >= 0.3 is 0 Å². The summed E-state index contributed by atoms with van der Waals surface area (Å²) in [6, 6.07) is 0. The second-order valence-electron chi connectivity index (χ2n) is 4.80. The van der Waals surface area contributed by atoms with E-state index < -0.39 is 0 Å². The summed E-state index contributed by atoms with van der Waals surface area (Å²) < 4.78 is 0. The van der Waals surface area contributed by atoms with Crippen molar-refractivity contribution in [1.82, 2.24) is 10.6 Å². The van der Waals surface area contributed by atoms with Crippen molar-refractivity contribution in [2.45, 2.75) is 45.1 Å². The molecule has 1 fully saturated rings. The lowest BCUT2D eigenvalue weighted by Gasteiger charge is -2.23. The molecule has 0 spiro atoms. The van der Waals surface area contributed by atoms with Crippen LogP contribution < -0.4 is 10.6 Å². The van der Waals surface area contributed by atoms with Gasteiger partial charge in [-0.25, -0.2) is 0 Å². The highest BCUT2D eigenvalue weighted by molar-refractivity contribution is 5.81. The predicted molar refractivity (Wildman–Crippen MR) is 59.5 cm³/mol. The number of hydrogen-bond acceptors (Lipinski definition) is 3. The van der Waals surface area contributed by atoms with Gasteiger partial charge in [-0.05, 0) is 31.6 Å². The number of hydrogen-bond donors (Lipinski definition) is 2. The molecule has 0 atom stereocenters. The standard InChI is InChI=1S/C11H21N3/c1-9(2)11(5-6-11)14-10-12-7-3-4-8-13-10/h9H,3-8H2,1-2H3,(H2,12,13,14). The van der Waals surface area contributed by atoms with Gasteiger partial charge < -0.3 is 10.6 Å². The molecule has 1 heterocycles. The molecule has 0 aromatic rings. The van der Waals surface area contributed by atoms with Crippen molar-refractivity contribution in [3.05, 3.63) is 0 Å². The van der Waals surface area contributed by atoms with Crippen LogP contribution in [0.15, 0.2) is 4.99 Å². The molecular formula is C11H21N3. The first-order valence-electron chi connectivity index (χ1n) is 5.79. The SMILES string of the molecule is CC(C)C1(NC2=NCCCCN2)CC1. The quantitative estimate of drug-likeness (QED) is 0.700. The van der Waals surface area contributed by atoms with E-state index in [1.54, 1.807) is 0 Å². The van der Waals surface area contributed by atoms with E-state index in [1.807, 2.05) is 0 Å². The Kier molecular flexibility index (Phi) is 2.66. The lowest BCUT2D eigenvalue weighted by molar-refractivity contribution is 0.430. The van der Waals surface area contributed by atoms with Crippen molar-refractivity contribution in [3.63, 3.8) is 0 Å². The fourth-order valence-corrected chi connectivity index (χ4v) is 1.99. The van der Waals surface area contributed by atoms with E-state index in [0.29, 0.717) is 11.5 Å². The molecule has 0 amide bonds. The predicted octanol–water partition coefficient (Wildman–Crippen LogP) is 1.50. The fourth-order valence-electron chi connectivity index (χ4n) is 1.99. The van der Waals surface area contributed by atoms with Gasteiger partial charge in [-0.15, -0.1) is 0 Å². The minimum absolute atomic E-state index is 0.357. The second kappa shape index (κ2) is 3.79. The molecule has 0 bridgehead atoms. The van der Waals surface area contributed by atoms with Crippen LogP contribution in [0, 0.1) is 5.92 Å². The van der Waals surface area contributed by atoms with Crippen molar-refractivity contribution < 1.29 is 0 Å². The fraction of sp³-hybridized carbons (Fsp3) is 0.909. The first-order valence-corrected chi connectivity index (χ1v) is 5.79. The highest BCUT2D eigenvalue weighted by Gasteiger charge is 2.46. The Bertz CT molecular complexity index is 229. The van der Waals surface area contributed by atoms with Gasteiger partial charge in [-0.3, -0.25) is 4.99 Å². The first-order chi connectivity index (χ1) is 6.73. The topological polar surface area (TPSA) is 36.4 Å². The molecule has 1 aliphatic heterocycles. The van der Waals surface area contributed by atoms with Crippen molar-refractivity contribution in [3.8, 4) is 0 Å². The lowest BCUT2D eigenvalue weighted by atomic mass is 10.0. The van der Waals surface area contributed by atoms with Crippen molar-refractivity contribution >= 4 is 5.96 Å². The second-order valence-corrected chi connectivity index (χ2v) is 4.80. The van der Waals surface area contributed by atoms with E-state index in [-0.39, 0.29) is 0 Å². The van der Waals surface area contributed by atoms with E-state index >= 15 is 0 Å². The normalized spacial score (nSPS) is 24.9. The van der Waals surface area contributed by atoms with Crippen molar-refractivity contribution in [2.75, 3.05) is 13.1 Å². The van der Waals surface area contributed by atoms with Crippen LogP contribution in [0.5, 0.6) is 0 Å². The minimum Gasteiger partial charge on any atom is -0.356 e. The highest BCUT2D eigenvalue weighted by Crippen LogP contribution is 2.41. The molecule has 0 radical (unpaired) electrons. The summed E-state index contributed by atoms with van der Waals surface area (Å²) >= 11 is 0. The monoisotopic (exact) mass is 195 g/mol. The molecule has 3 nitrogen and oxygen atoms in total. The van der Waals surface area contributed by atoms with Gasteiger partial charge in [-0.2, -0.15) is 0 Å². The smallest absolute Gasteiger partial charge is 0.191 e. The van der Waals surface area contributed by atoms with Gasteiger partial charge in [-0.1, -0.05) is 13.8 Å². The molecule has 0 aromatic heterocycles. The zero-order valence-electron chi connectivity index (χ0n) is 9.27. The van der Waals surface area contributed by atoms with Crippen LogP contribution in [-0.4, -0.2) is 24.6 Å². The molecule has 1 aliphatic carbocycles. The molecule has 2 rings (SSSR count). The van der Waals surface area contributed by atoms with Crippen LogP contribution in [0.4, 0.5) is 0 Å². The van der Waals surface area contributed by atoms with Crippen LogP contribution in [0.2, 0.25) is 0 Å². The van der Waals surface area contributed by atoms with Crippen LogP contribution in [-0.2, 0) is 0 Å². The van der Waals surface area contributed by atoms with Gasteiger partial charge in [0, 0.05) is 18.6 Å². The van der Waals surface area contributed by atoms with Gasteiger partial charge in [0.1, 0.15) is 0 Å². The molecular weight excluding hydrogens is 174 g/mol. The van der Waals surface area contributed by atoms with E-state index in [0.717, 1.165) is 19.0 Å². The molecule has 3 heteroatoms. The third-order valence-corrected chi connectivity index (χ3v) is 3.41. The molecule has 14 heavy (non-hydrogen) atoms. The first kappa shape index (κ1) is 9.81. The summed E-state index contributed by atoms with van der Waals surface area (Å²) in [5, 5.41) is 6.96. The largest absolute Gasteiger partial charge is 0.356 e. The molecule has 1 saturated carbocycles. The zero-order valence-corrected chi connectivity index (χ0v) is 9.27. The van der Waals surface area contributed by atoms with E-state index in [1.165, 1.54) is 25.7 Å². The van der Waals surface area contributed by atoms with E-state index in [9.17, 15) is 0 Å². The molecule has 2 aliphatic rings. The maximum atomic E-state index is 4.53. The third kappa shape index (κ3) is 2.02. The van der Waals surface area contributed by atoms with Gasteiger partial charge in [0.05, 0.1) is 0 Å². The Balaban J connectivity index is 1.92. The summed E-state index contributed by atoms with van der Waals surface area (Å²) in [5.41, 5.74) is 0.357. The maximum Gasteiger partial charge on any atom is 0.191 e. The number of aliphatic imine (C=N–C) groups is 1. The third-order valence-electron chi connectivity index (χ3n) is 3.41. The Labute approximate surface area is 86.4 Å². The maximum absolute atomic E-state index is 4.53. The van der Waals surface area contributed by atoms with Crippen LogP contribution in [0.1, 0.15) is 39.5 Å². The van der Waals surface area contributed by atoms with Crippen molar-refractivity contribution in [2.24, 2.45) is 10.9 Å². The van der Waals surface area contributed by atoms with Crippen LogP contribution >= 0.6 is 0 Å². The average molecular weight is 195 g/mol. The number of nitrogens with one attached hydrogen (secondary N) is 2. The van der Waals surface area contributed by atoms with Crippen molar-refractivity contribution in [1.29, 1.82) is 0 Å². The Hall–Kier alpha value is -0.730. The number of rotatable bonds is 2. The average Bonchev–Trinajstić information content (AvgIpc) is 2.91. The molecule has 0 saturated heterocycles. The van der Waals surface area contributed by atoms with Gasteiger partial charge in [0.15, 0.2) is 5.96 Å². The molecule has 0 aromatic carbocycles. The number of nitrogens with zero attached hydrogens (tertiary/aromatic N) is 1. The minimum atomic E-state index is 0.357. The Morgan fingerprint density at radius 2 is 2.14 bits per heavy atom. The van der Waals surface area contributed by atoms with Crippen LogP contribution in [0.3, 0.4) is 0 Å². The molecule has 80 valence electrons. The summed E-state index contributed by atoms with van der Waals surface area (Å²) in [6.45, 7) is 6.62. The van der Waals surface area contributed by atoms with E-state index in [4.69, 9.17) is 0 Å². The molecule has 2 N–H and O–H groups in total. The van der Waals surface area contributed by atoms with Crippen LogP contribution in [0.25, 0.3) is 0 Å². The summed E-state index contributed by atoms with van der Waals surface area (Å²) in [5.74, 6) is 1.74. The van der Waals surface area contributed by atoms with Gasteiger partial charge in [0.2, 0.25) is 0 Å². The highest BCUT2D eigenvalue weighted by atomic mass is 15.2. The summed E-state index contributed by atoms with van der Waals surface area (Å²) in [7, 11) is 0. The Morgan fingerprint density at radius 3 is 2.79 bits per heavy atom. The summed E-state index contributed by atoms with van der Waals surface area (Å²) in [6.07, 6.45) is 5.05. The Morgan fingerprint density at radius 1 is 1.36 bits per heavy atom. The van der Waals surface area contributed by atoms with E-state index in [2.05, 4.69) is 29.5 Å². The summed E-state index contributed by atoms with van der Waals surface area (Å²) in [4.78, 5) is 4.53. The molecule has 0 unspecified atom stereocenters. The zero-order chi connectivity index (χ0) is 10.0.